The zero-order chi connectivity index (χ0) is 53.5. The van der Waals surface area contributed by atoms with E-state index in [0.717, 1.165) is 23.4 Å². The van der Waals surface area contributed by atoms with E-state index in [-0.39, 0.29) is 48.6 Å². The number of aromatic amines is 1. The maximum atomic E-state index is 14.0. The van der Waals surface area contributed by atoms with Crippen LogP contribution in [0.25, 0.3) is 0 Å². The van der Waals surface area contributed by atoms with Crippen molar-refractivity contribution in [1.29, 1.82) is 0 Å². The molecule has 72 heavy (non-hydrogen) atoms. The topological polar surface area (TPSA) is 208 Å². The van der Waals surface area contributed by atoms with Crippen LogP contribution in [0.5, 0.6) is 0 Å². The molecule has 1 atom stereocenters. The molecule has 0 radical (unpaired) electrons. The SMILES string of the molecule is CCN(CC)CC.CCOC(=O)n1nc2c(c1NC(=O)c1ccccc1F)CN(C(=O)Cl)C2(C)C.CN(C)C[C@H](Cc1ccccc1)OC(=O)N1Cc2c(NC(=O)c3ccccc3F)n[nH]c2C1(C)C.CO. The Kier molecular flexibility index (Phi) is 21.0. The van der Waals surface area contributed by atoms with Crippen LogP contribution in [0.3, 0.4) is 0 Å². The van der Waals surface area contributed by atoms with Gasteiger partial charge in [0.25, 0.3) is 11.8 Å². The van der Waals surface area contributed by atoms with Gasteiger partial charge in [-0.2, -0.15) is 10.2 Å². The van der Waals surface area contributed by atoms with Crippen molar-refractivity contribution in [3.8, 4) is 0 Å². The fourth-order valence-electron chi connectivity index (χ4n) is 8.16. The zero-order valence-corrected chi connectivity index (χ0v) is 43.6. The number of aliphatic hydroxyl groups is 1. The van der Waals surface area contributed by atoms with Crippen LogP contribution in [0.1, 0.15) is 104 Å². The van der Waals surface area contributed by atoms with Crippen LogP contribution in [-0.2, 0) is 40.1 Å². The molecule has 0 saturated heterocycles. The predicted molar refractivity (Wildman–Crippen MR) is 271 cm³/mol. The Morgan fingerprint density at radius 2 is 1.29 bits per heavy atom. The lowest BCUT2D eigenvalue weighted by molar-refractivity contribution is 0.0268. The van der Waals surface area contributed by atoms with E-state index < -0.39 is 52.1 Å². The smallest absolute Gasteiger partial charge is 0.436 e. The number of carbonyl (C=O) groups excluding carboxylic acids is 5. The number of hydrogen-bond donors (Lipinski definition) is 4. The number of aromatic nitrogens is 4. The molecule has 0 saturated carbocycles. The molecule has 4 N–H and O–H groups in total. The van der Waals surface area contributed by atoms with Gasteiger partial charge in [-0.05, 0) is 110 Å². The summed E-state index contributed by atoms with van der Waals surface area (Å²) in [6, 6.07) is 21.1. The molecule has 5 aromatic rings. The van der Waals surface area contributed by atoms with Gasteiger partial charge in [-0.15, -0.1) is 4.68 Å². The van der Waals surface area contributed by atoms with Gasteiger partial charge in [0.2, 0.25) is 0 Å². The first kappa shape index (κ1) is 57.8. The number of amides is 4. The van der Waals surface area contributed by atoms with E-state index in [1.165, 1.54) is 60.9 Å². The molecule has 0 aliphatic carbocycles. The molecular weight excluding hydrogens is 954 g/mol. The lowest BCUT2D eigenvalue weighted by Crippen LogP contribution is -2.44. The van der Waals surface area contributed by atoms with Gasteiger partial charge in [0, 0.05) is 31.2 Å². The number of benzene rings is 3. The number of ether oxygens (including phenoxy) is 2. The van der Waals surface area contributed by atoms with Gasteiger partial charge < -0.3 is 39.9 Å². The van der Waals surface area contributed by atoms with Crippen molar-refractivity contribution < 1.29 is 47.3 Å². The molecule has 2 aliphatic heterocycles. The second-order valence-corrected chi connectivity index (χ2v) is 18.0. The highest BCUT2D eigenvalue weighted by Crippen LogP contribution is 2.43. The first-order valence-corrected chi connectivity index (χ1v) is 23.9. The maximum absolute atomic E-state index is 14.0. The highest BCUT2D eigenvalue weighted by atomic mass is 35.5. The summed E-state index contributed by atoms with van der Waals surface area (Å²) in [7, 11) is 4.87. The molecule has 21 heteroatoms. The second-order valence-electron chi connectivity index (χ2n) is 17.7. The van der Waals surface area contributed by atoms with Gasteiger partial charge in [-0.3, -0.25) is 24.4 Å². The van der Waals surface area contributed by atoms with Crippen LogP contribution in [-0.4, -0.2) is 134 Å². The lowest BCUT2D eigenvalue weighted by Gasteiger charge is -2.33. The molecule has 0 spiro atoms. The van der Waals surface area contributed by atoms with E-state index in [0.29, 0.717) is 35.5 Å². The Labute approximate surface area is 424 Å². The predicted octanol–water partition coefficient (Wildman–Crippen LogP) is 8.81. The minimum absolute atomic E-state index is 0.00944. The summed E-state index contributed by atoms with van der Waals surface area (Å²) >= 11 is 5.67. The van der Waals surface area contributed by atoms with E-state index in [4.69, 9.17) is 26.2 Å². The Morgan fingerprint density at radius 3 is 1.79 bits per heavy atom. The first-order valence-electron chi connectivity index (χ1n) is 23.5. The molecule has 7 rings (SSSR count). The Hall–Kier alpha value is -6.74. The fourth-order valence-corrected chi connectivity index (χ4v) is 8.43. The number of likely N-dealkylation sites (N-methyl/N-ethyl adjacent to an activating group) is 1. The number of hydrogen-bond acceptors (Lipinski definition) is 12. The number of aliphatic hydroxyl groups excluding tert-OH is 1. The van der Waals surface area contributed by atoms with Crippen molar-refractivity contribution in [2.45, 2.75) is 92.1 Å². The number of halogens is 3. The Morgan fingerprint density at radius 1 is 0.764 bits per heavy atom. The summed E-state index contributed by atoms with van der Waals surface area (Å²) in [6.07, 6.45) is -1.00. The molecule has 4 amide bonds. The molecule has 18 nitrogen and oxygen atoms in total. The highest BCUT2D eigenvalue weighted by molar-refractivity contribution is 6.62. The fraction of sp³-hybridized carbons (Fsp3) is 0.431. The third-order valence-electron chi connectivity index (χ3n) is 12.1. The summed E-state index contributed by atoms with van der Waals surface area (Å²) in [5.74, 6) is -2.42. The maximum Gasteiger partial charge on any atom is 0.436 e. The van der Waals surface area contributed by atoms with Crippen molar-refractivity contribution in [1.82, 2.24) is 39.6 Å². The van der Waals surface area contributed by atoms with Gasteiger partial charge in [0.1, 0.15) is 23.6 Å². The van der Waals surface area contributed by atoms with Crippen molar-refractivity contribution in [3.63, 3.8) is 0 Å². The molecule has 0 unspecified atom stereocenters. The van der Waals surface area contributed by atoms with Crippen LogP contribution >= 0.6 is 11.6 Å². The van der Waals surface area contributed by atoms with Crippen molar-refractivity contribution in [3.05, 3.63) is 130 Å². The van der Waals surface area contributed by atoms with Crippen LogP contribution in [0.15, 0.2) is 78.9 Å². The molecule has 3 aromatic carbocycles. The van der Waals surface area contributed by atoms with Gasteiger partial charge in [-0.25, -0.2) is 18.4 Å². The van der Waals surface area contributed by atoms with Gasteiger partial charge in [0.05, 0.1) is 53.3 Å². The Balaban J connectivity index is 0.000000272. The summed E-state index contributed by atoms with van der Waals surface area (Å²) in [5.41, 5.74) is 1.34. The van der Waals surface area contributed by atoms with Gasteiger partial charge >= 0.3 is 17.6 Å². The minimum atomic E-state index is -0.913. The number of rotatable bonds is 13. The van der Waals surface area contributed by atoms with Crippen LogP contribution in [0.2, 0.25) is 0 Å². The van der Waals surface area contributed by atoms with Gasteiger partial charge in [-0.1, -0.05) is 75.4 Å². The second kappa shape index (κ2) is 26.1. The van der Waals surface area contributed by atoms with Crippen molar-refractivity contribution >= 4 is 52.6 Å². The van der Waals surface area contributed by atoms with Crippen LogP contribution in [0, 0.1) is 11.6 Å². The van der Waals surface area contributed by atoms with E-state index in [2.05, 4.69) is 51.6 Å². The molecule has 0 fully saturated rings. The summed E-state index contributed by atoms with van der Waals surface area (Å²) in [4.78, 5) is 70.0. The Bertz CT molecular complexity index is 2630. The number of fused-ring (bicyclic) bond motifs is 2. The minimum Gasteiger partial charge on any atom is -0.448 e. The summed E-state index contributed by atoms with van der Waals surface area (Å²) in [6.45, 7) is 19.9. The number of anilines is 2. The van der Waals surface area contributed by atoms with E-state index in [9.17, 15) is 32.8 Å². The average Bonchev–Trinajstić information content (AvgIpc) is 4.07. The number of nitrogens with zero attached hydrogens (tertiary/aromatic N) is 7. The van der Waals surface area contributed by atoms with Crippen LogP contribution in [0.4, 0.5) is 34.8 Å². The highest BCUT2D eigenvalue weighted by Gasteiger charge is 2.47. The van der Waals surface area contributed by atoms with Gasteiger partial charge in [0.15, 0.2) is 5.82 Å². The number of nitrogens with one attached hydrogen (secondary N) is 3. The third-order valence-corrected chi connectivity index (χ3v) is 12.3. The molecule has 0 bridgehead atoms. The first-order chi connectivity index (χ1) is 34.2. The van der Waals surface area contributed by atoms with Crippen molar-refractivity contribution in [2.24, 2.45) is 0 Å². The molecule has 2 aliphatic rings. The molecular formula is C51H67ClF2N10O8. The van der Waals surface area contributed by atoms with Crippen LogP contribution < -0.4 is 10.6 Å². The standard InChI is InChI=1S/C26H30FN5O3.C18H18ClFN4O4.C6H15N.CH4O/c1-26(2)22-20(23(30-29-22)28-24(33)19-12-8-9-13-21(19)27)16-32(26)25(34)35-18(15-31(3)4)14-17-10-6-5-7-11-17;1-4-28-17(27)24-14(21-15(25)10-7-5-6-8-12(10)20)11-9-23(16(19)26)18(2,3)13(11)22-24;1-4-7(5-2)6-3;1-2/h5-13,18H,14-16H2,1-4H3,(H2,28,29,30,33);5-8H,4,9H2,1-3H3,(H,21,25);4-6H2,1-3H3;2H,1H3/t18-;;;/m0.../s1. The zero-order valence-electron chi connectivity index (χ0n) is 42.8. The van der Waals surface area contributed by atoms with E-state index in [1.54, 1.807) is 31.7 Å². The monoisotopic (exact) mass is 1020 g/mol. The number of carbonyl (C=O) groups is 5. The molecule has 2 aromatic heterocycles. The summed E-state index contributed by atoms with van der Waals surface area (Å²) < 4.78 is 39.9. The third kappa shape index (κ3) is 13.8. The average molecular weight is 1020 g/mol. The molecule has 390 valence electrons. The number of H-pyrrole nitrogens is 1. The largest absolute Gasteiger partial charge is 0.448 e. The summed E-state index contributed by atoms with van der Waals surface area (Å²) in [5, 5.41) is 22.9. The van der Waals surface area contributed by atoms with Crippen molar-refractivity contribution in [2.75, 3.05) is 64.6 Å². The van der Waals surface area contributed by atoms with E-state index in [1.807, 2.05) is 63.2 Å². The van der Waals surface area contributed by atoms with E-state index >= 15 is 0 Å². The quantitative estimate of drug-likeness (QED) is 0.0645. The lowest BCUT2D eigenvalue weighted by atomic mass is 10.0. The molecule has 4 heterocycles. The normalized spacial score (nSPS) is 14.1.